The zero-order valence-electron chi connectivity index (χ0n) is 17.4. The number of pyridine rings is 2. The van der Waals surface area contributed by atoms with Gasteiger partial charge in [-0.25, -0.2) is 23.2 Å². The molecule has 0 radical (unpaired) electrons. The van der Waals surface area contributed by atoms with Crippen molar-refractivity contribution in [3.05, 3.63) is 52.7 Å². The molecule has 1 aliphatic rings. The molecule has 13 heteroatoms. The first-order chi connectivity index (χ1) is 15.4. The third kappa shape index (κ3) is 4.81. The van der Waals surface area contributed by atoms with Gasteiger partial charge in [-0.05, 0) is 18.2 Å². The maximum atomic E-state index is 13.3. The quantitative estimate of drug-likeness (QED) is 0.548. The van der Waals surface area contributed by atoms with E-state index in [2.05, 4.69) is 10.1 Å². The van der Waals surface area contributed by atoms with Crippen LogP contribution in [-0.4, -0.2) is 61.7 Å². The number of hydrogen-bond donors (Lipinski definition) is 0. The van der Waals surface area contributed by atoms with E-state index in [1.807, 2.05) is 0 Å². The highest BCUT2D eigenvalue weighted by molar-refractivity contribution is 5.94. The van der Waals surface area contributed by atoms with Crippen LogP contribution >= 0.6 is 0 Å². The van der Waals surface area contributed by atoms with Crippen LogP contribution in [0.2, 0.25) is 0 Å². The van der Waals surface area contributed by atoms with E-state index >= 15 is 0 Å². The number of amides is 1. The molecule has 0 saturated carbocycles. The van der Waals surface area contributed by atoms with E-state index in [-0.39, 0.29) is 35.8 Å². The van der Waals surface area contributed by atoms with Crippen LogP contribution in [0.1, 0.15) is 23.2 Å². The van der Waals surface area contributed by atoms with Crippen molar-refractivity contribution in [2.24, 2.45) is 7.05 Å². The van der Waals surface area contributed by atoms with Crippen LogP contribution in [0.4, 0.5) is 33.5 Å². The van der Waals surface area contributed by atoms with Gasteiger partial charge in [0.25, 0.3) is 11.8 Å². The van der Waals surface area contributed by atoms with Gasteiger partial charge in [-0.3, -0.25) is 9.20 Å². The summed E-state index contributed by atoms with van der Waals surface area (Å²) >= 11 is 0. The number of piperidine rings is 1. The van der Waals surface area contributed by atoms with Gasteiger partial charge in [0.05, 0.1) is 5.56 Å². The SMILES string of the molecule is Cn1nc2cc(N(CC(F)(F)F)c3ccc(C(=O)N4CCC(F)(F)CC4)cn3)ccn2c1=O. The molecule has 0 aliphatic carbocycles. The number of carbonyl (C=O) groups is 1. The molecular formula is C20H19F5N6O2. The van der Waals surface area contributed by atoms with Crippen molar-refractivity contribution in [3.8, 4) is 0 Å². The van der Waals surface area contributed by atoms with Gasteiger partial charge in [-0.1, -0.05) is 0 Å². The Hall–Kier alpha value is -3.51. The van der Waals surface area contributed by atoms with Crippen molar-refractivity contribution in [3.63, 3.8) is 0 Å². The van der Waals surface area contributed by atoms with Crippen molar-refractivity contribution in [1.29, 1.82) is 0 Å². The van der Waals surface area contributed by atoms with Crippen LogP contribution in [0.25, 0.3) is 5.65 Å². The zero-order valence-corrected chi connectivity index (χ0v) is 17.4. The molecule has 0 atom stereocenters. The van der Waals surface area contributed by atoms with E-state index in [9.17, 15) is 31.5 Å². The van der Waals surface area contributed by atoms with Crippen molar-refractivity contribution < 1.29 is 26.7 Å². The van der Waals surface area contributed by atoms with Gasteiger partial charge in [-0.15, -0.1) is 0 Å². The van der Waals surface area contributed by atoms with Gasteiger partial charge in [0.2, 0.25) is 0 Å². The molecule has 0 unspecified atom stereocenters. The van der Waals surface area contributed by atoms with E-state index < -0.39 is 43.1 Å². The van der Waals surface area contributed by atoms with E-state index in [0.717, 1.165) is 15.8 Å². The van der Waals surface area contributed by atoms with Crippen LogP contribution in [-0.2, 0) is 7.05 Å². The molecule has 0 N–H and O–H groups in total. The van der Waals surface area contributed by atoms with E-state index in [0.29, 0.717) is 0 Å². The van der Waals surface area contributed by atoms with Crippen molar-refractivity contribution >= 4 is 23.1 Å². The van der Waals surface area contributed by atoms with Gasteiger partial charge in [-0.2, -0.15) is 18.3 Å². The molecule has 0 spiro atoms. The van der Waals surface area contributed by atoms with Crippen molar-refractivity contribution in [2.45, 2.75) is 24.9 Å². The second-order valence-corrected chi connectivity index (χ2v) is 7.77. The number of halogens is 5. The van der Waals surface area contributed by atoms with Gasteiger partial charge in [0.15, 0.2) is 5.65 Å². The second kappa shape index (κ2) is 8.12. The molecule has 1 aliphatic heterocycles. The fraction of sp³-hybridized carbons (Fsp3) is 0.400. The van der Waals surface area contributed by atoms with E-state index in [1.165, 1.54) is 46.8 Å². The van der Waals surface area contributed by atoms with Crippen LogP contribution in [0.3, 0.4) is 0 Å². The number of likely N-dealkylation sites (tertiary alicyclic amines) is 1. The first-order valence-electron chi connectivity index (χ1n) is 9.96. The molecule has 0 bridgehead atoms. The third-order valence-electron chi connectivity index (χ3n) is 5.36. The molecule has 1 saturated heterocycles. The minimum absolute atomic E-state index is 0.0858. The molecule has 1 fully saturated rings. The van der Waals surface area contributed by atoms with Gasteiger partial charge < -0.3 is 9.80 Å². The monoisotopic (exact) mass is 470 g/mol. The molecule has 176 valence electrons. The lowest BCUT2D eigenvalue weighted by atomic mass is 10.1. The highest BCUT2D eigenvalue weighted by atomic mass is 19.4. The summed E-state index contributed by atoms with van der Waals surface area (Å²) in [4.78, 5) is 30.7. The van der Waals surface area contributed by atoms with Gasteiger partial charge >= 0.3 is 11.9 Å². The van der Waals surface area contributed by atoms with Gasteiger partial charge in [0.1, 0.15) is 12.4 Å². The topological polar surface area (TPSA) is 75.7 Å². The summed E-state index contributed by atoms with van der Waals surface area (Å²) in [6.45, 7) is -1.60. The standard InChI is InChI=1S/C20H19F5N6O2/c1-28-18(33)30-7-4-14(10-16(30)27-28)31(12-20(23,24)25)15-3-2-13(11-26-15)17(32)29-8-5-19(21,22)6-9-29/h2-4,7,10-11H,5-6,8-9,12H2,1H3. The Bertz CT molecular complexity index is 1220. The molecule has 3 aromatic rings. The van der Waals surface area contributed by atoms with Gasteiger partial charge in [0, 0.05) is 57.1 Å². The molecule has 4 heterocycles. The largest absolute Gasteiger partial charge is 0.406 e. The maximum Gasteiger partial charge on any atom is 0.406 e. The number of alkyl halides is 5. The number of fused-ring (bicyclic) bond motifs is 1. The average Bonchev–Trinajstić information content (AvgIpc) is 3.04. The summed E-state index contributed by atoms with van der Waals surface area (Å²) in [5.41, 5.74) is -0.117. The number of hydrogen-bond acceptors (Lipinski definition) is 5. The predicted molar refractivity (Wildman–Crippen MR) is 108 cm³/mol. The van der Waals surface area contributed by atoms with Crippen LogP contribution in [0.5, 0.6) is 0 Å². The maximum absolute atomic E-state index is 13.3. The molecule has 4 rings (SSSR count). The lowest BCUT2D eigenvalue weighted by Crippen LogP contribution is -2.42. The molecular weight excluding hydrogens is 451 g/mol. The number of nitrogens with zero attached hydrogens (tertiary/aromatic N) is 6. The Morgan fingerprint density at radius 2 is 1.88 bits per heavy atom. The van der Waals surface area contributed by atoms with E-state index in [4.69, 9.17) is 0 Å². The molecule has 8 nitrogen and oxygen atoms in total. The van der Waals surface area contributed by atoms with Crippen LogP contribution < -0.4 is 10.6 Å². The average molecular weight is 470 g/mol. The summed E-state index contributed by atoms with van der Waals surface area (Å²) in [5.74, 6) is -3.41. The smallest absolute Gasteiger partial charge is 0.338 e. The lowest BCUT2D eigenvalue weighted by molar-refractivity contribution is -0.118. The third-order valence-corrected chi connectivity index (χ3v) is 5.36. The predicted octanol–water partition coefficient (Wildman–Crippen LogP) is 3.00. The van der Waals surface area contributed by atoms with E-state index in [1.54, 1.807) is 0 Å². The lowest BCUT2D eigenvalue weighted by Gasteiger charge is -2.31. The highest BCUT2D eigenvalue weighted by Crippen LogP contribution is 2.30. The summed E-state index contributed by atoms with van der Waals surface area (Å²) < 4.78 is 68.8. The number of carbonyl (C=O) groups excluding carboxylic acids is 1. The summed E-state index contributed by atoms with van der Waals surface area (Å²) in [6, 6.07) is 5.22. The molecule has 0 aromatic carbocycles. The first-order valence-corrected chi connectivity index (χ1v) is 9.96. The summed E-state index contributed by atoms with van der Waals surface area (Å²) in [7, 11) is 1.42. The number of rotatable bonds is 4. The highest BCUT2D eigenvalue weighted by Gasteiger charge is 2.36. The Kier molecular flexibility index (Phi) is 5.58. The second-order valence-electron chi connectivity index (χ2n) is 7.77. The Balaban J connectivity index is 1.62. The number of anilines is 2. The minimum atomic E-state index is -4.58. The van der Waals surface area contributed by atoms with Crippen LogP contribution in [0, 0.1) is 0 Å². The molecule has 1 amide bonds. The summed E-state index contributed by atoms with van der Waals surface area (Å²) in [6.07, 6.45) is -3.03. The Labute approximate surface area is 183 Å². The number of aromatic nitrogens is 4. The van der Waals surface area contributed by atoms with Crippen molar-refractivity contribution in [1.82, 2.24) is 24.1 Å². The van der Waals surface area contributed by atoms with Crippen LogP contribution in [0.15, 0.2) is 41.5 Å². The normalized spacial score (nSPS) is 16.2. The number of aryl methyl sites for hydroxylation is 1. The summed E-state index contributed by atoms with van der Waals surface area (Å²) in [5, 5.41) is 3.98. The zero-order chi connectivity index (χ0) is 24.0. The molecule has 3 aromatic heterocycles. The Morgan fingerprint density at radius 3 is 2.48 bits per heavy atom. The fourth-order valence-electron chi connectivity index (χ4n) is 3.61. The minimum Gasteiger partial charge on any atom is -0.338 e. The molecule has 33 heavy (non-hydrogen) atoms. The Morgan fingerprint density at radius 1 is 1.18 bits per heavy atom. The van der Waals surface area contributed by atoms with Crippen molar-refractivity contribution in [2.75, 3.05) is 24.5 Å². The first kappa shape index (κ1) is 22.7. The fourth-order valence-corrected chi connectivity index (χ4v) is 3.61.